The Morgan fingerprint density at radius 3 is 2.79 bits per heavy atom. The molecule has 0 amide bonds. The number of carbonyl (C=O) groups is 1. The molecule has 1 saturated heterocycles. The summed E-state index contributed by atoms with van der Waals surface area (Å²) in [4.78, 5) is 11.3. The van der Waals surface area contributed by atoms with Crippen LogP contribution in [0.2, 0.25) is 0 Å². The number of tetrazole rings is 1. The molecule has 3 rings (SSSR count). The lowest BCUT2D eigenvalue weighted by molar-refractivity contribution is -0.143. The molecule has 1 aliphatic rings. The Labute approximate surface area is 138 Å². The minimum Gasteiger partial charge on any atom is -0.481 e. The van der Waals surface area contributed by atoms with Crippen LogP contribution in [-0.4, -0.2) is 56.6 Å². The zero-order valence-corrected chi connectivity index (χ0v) is 13.8. The third kappa shape index (κ3) is 3.02. The second-order valence-corrected chi connectivity index (χ2v) is 7.68. The van der Waals surface area contributed by atoms with Crippen molar-refractivity contribution in [2.24, 2.45) is 5.92 Å². The largest absolute Gasteiger partial charge is 0.481 e. The summed E-state index contributed by atoms with van der Waals surface area (Å²) >= 11 is 0. The Bertz CT molecular complexity index is 837. The van der Waals surface area contributed by atoms with Gasteiger partial charge in [0.1, 0.15) is 6.33 Å². The van der Waals surface area contributed by atoms with Crippen molar-refractivity contribution < 1.29 is 18.3 Å². The monoisotopic (exact) mass is 351 g/mol. The Balaban J connectivity index is 1.95. The number of sulfonamides is 1. The molecule has 24 heavy (non-hydrogen) atoms. The third-order valence-corrected chi connectivity index (χ3v) is 6.19. The highest BCUT2D eigenvalue weighted by atomic mass is 32.2. The lowest BCUT2D eigenvalue weighted by atomic mass is 9.96. The maximum Gasteiger partial charge on any atom is 0.307 e. The first-order chi connectivity index (χ1) is 11.4. The quantitative estimate of drug-likeness (QED) is 0.854. The van der Waals surface area contributed by atoms with Crippen molar-refractivity contribution in [1.29, 1.82) is 0 Å². The lowest BCUT2D eigenvalue weighted by Crippen LogP contribution is -2.47. The van der Waals surface area contributed by atoms with E-state index in [2.05, 4.69) is 15.5 Å². The number of hydrogen-bond acceptors (Lipinski definition) is 6. The molecule has 1 fully saturated rings. The van der Waals surface area contributed by atoms with Crippen LogP contribution in [0, 0.1) is 5.92 Å². The fourth-order valence-corrected chi connectivity index (χ4v) is 4.56. The van der Waals surface area contributed by atoms with Crippen LogP contribution < -0.4 is 0 Å². The number of carboxylic acid groups (broad SMARTS) is 1. The molecule has 0 saturated carbocycles. The number of carboxylic acids is 1. The number of benzene rings is 1. The van der Waals surface area contributed by atoms with Crippen molar-refractivity contribution in [2.45, 2.75) is 30.7 Å². The topological polar surface area (TPSA) is 118 Å². The predicted octanol–water partition coefficient (Wildman–Crippen LogP) is 0.536. The van der Waals surface area contributed by atoms with E-state index in [-0.39, 0.29) is 17.5 Å². The highest BCUT2D eigenvalue weighted by Gasteiger charge is 2.37. The molecule has 1 aromatic heterocycles. The van der Waals surface area contributed by atoms with Gasteiger partial charge in [0.15, 0.2) is 0 Å². The first-order valence-corrected chi connectivity index (χ1v) is 8.91. The molecule has 0 bridgehead atoms. The minimum absolute atomic E-state index is 0.0199. The second kappa shape index (κ2) is 6.29. The van der Waals surface area contributed by atoms with Crippen molar-refractivity contribution in [3.05, 3.63) is 30.6 Å². The average Bonchev–Trinajstić information content (AvgIpc) is 3.09. The molecular formula is C14H17N5O4S. The Morgan fingerprint density at radius 2 is 2.12 bits per heavy atom. The maximum atomic E-state index is 13.0. The van der Waals surface area contributed by atoms with Crippen LogP contribution in [0.25, 0.3) is 5.69 Å². The zero-order chi connectivity index (χ0) is 17.3. The van der Waals surface area contributed by atoms with Crippen molar-refractivity contribution in [3.8, 4) is 5.69 Å². The van der Waals surface area contributed by atoms with Crippen LogP contribution in [0.15, 0.2) is 35.5 Å². The fraction of sp³-hybridized carbons (Fsp3) is 0.429. The molecule has 9 nitrogen and oxygen atoms in total. The molecule has 0 radical (unpaired) electrons. The lowest BCUT2D eigenvalue weighted by Gasteiger charge is -2.35. The maximum absolute atomic E-state index is 13.0. The van der Waals surface area contributed by atoms with Crippen molar-refractivity contribution in [2.75, 3.05) is 6.54 Å². The summed E-state index contributed by atoms with van der Waals surface area (Å²) in [6.07, 6.45) is 2.37. The van der Waals surface area contributed by atoms with E-state index in [1.165, 1.54) is 27.4 Å². The van der Waals surface area contributed by atoms with Gasteiger partial charge in [-0.15, -0.1) is 5.10 Å². The summed E-state index contributed by atoms with van der Waals surface area (Å²) in [5, 5.41) is 20.0. The predicted molar refractivity (Wildman–Crippen MR) is 82.9 cm³/mol. The van der Waals surface area contributed by atoms with E-state index in [1.54, 1.807) is 19.1 Å². The molecule has 1 aliphatic heterocycles. The van der Waals surface area contributed by atoms with Gasteiger partial charge in [0.05, 0.1) is 16.5 Å². The molecule has 1 N–H and O–H groups in total. The molecule has 10 heteroatoms. The normalized spacial score (nSPS) is 22.4. The molecule has 2 unspecified atom stereocenters. The van der Waals surface area contributed by atoms with Crippen LogP contribution in [0.4, 0.5) is 0 Å². The number of nitrogens with zero attached hydrogens (tertiary/aromatic N) is 5. The van der Waals surface area contributed by atoms with Gasteiger partial charge in [0.2, 0.25) is 10.0 Å². The fourth-order valence-electron chi connectivity index (χ4n) is 2.81. The summed E-state index contributed by atoms with van der Waals surface area (Å²) in [6, 6.07) is 6.01. The van der Waals surface area contributed by atoms with Gasteiger partial charge in [-0.1, -0.05) is 6.07 Å². The SMILES string of the molecule is CC1CCC(C(=O)O)CN1S(=O)(=O)c1cccc(-n2cnnn2)c1. The van der Waals surface area contributed by atoms with E-state index >= 15 is 0 Å². The van der Waals surface area contributed by atoms with Gasteiger partial charge in [-0.25, -0.2) is 13.1 Å². The van der Waals surface area contributed by atoms with Gasteiger partial charge in [-0.3, -0.25) is 4.79 Å². The van der Waals surface area contributed by atoms with Crippen molar-refractivity contribution >= 4 is 16.0 Å². The summed E-state index contributed by atoms with van der Waals surface area (Å²) < 4.78 is 28.6. The molecule has 0 spiro atoms. The molecule has 2 aromatic rings. The van der Waals surface area contributed by atoms with Gasteiger partial charge in [-0.2, -0.15) is 4.31 Å². The van der Waals surface area contributed by atoms with Crippen molar-refractivity contribution in [1.82, 2.24) is 24.5 Å². The number of piperidine rings is 1. The van der Waals surface area contributed by atoms with Gasteiger partial charge in [0.25, 0.3) is 0 Å². The Morgan fingerprint density at radius 1 is 1.33 bits per heavy atom. The first kappa shape index (κ1) is 16.5. The average molecular weight is 351 g/mol. The van der Waals surface area contributed by atoms with Crippen LogP contribution in [0.1, 0.15) is 19.8 Å². The Kier molecular flexibility index (Phi) is 4.33. The van der Waals surface area contributed by atoms with Crippen molar-refractivity contribution in [3.63, 3.8) is 0 Å². The number of rotatable bonds is 4. The molecular weight excluding hydrogens is 334 g/mol. The highest BCUT2D eigenvalue weighted by molar-refractivity contribution is 7.89. The van der Waals surface area contributed by atoms with Crippen LogP contribution >= 0.6 is 0 Å². The van der Waals surface area contributed by atoms with E-state index in [0.29, 0.717) is 18.5 Å². The summed E-state index contributed by atoms with van der Waals surface area (Å²) in [6.45, 7) is 1.77. The van der Waals surface area contributed by atoms with E-state index in [9.17, 15) is 18.3 Å². The molecule has 2 heterocycles. The van der Waals surface area contributed by atoms with Crippen LogP contribution in [0.3, 0.4) is 0 Å². The van der Waals surface area contributed by atoms with E-state index in [4.69, 9.17) is 0 Å². The zero-order valence-electron chi connectivity index (χ0n) is 13.0. The first-order valence-electron chi connectivity index (χ1n) is 7.47. The van der Waals surface area contributed by atoms with Gasteiger partial charge in [-0.05, 0) is 48.4 Å². The molecule has 1 aromatic carbocycles. The summed E-state index contributed by atoms with van der Waals surface area (Å²) in [5.74, 6) is -1.65. The highest BCUT2D eigenvalue weighted by Crippen LogP contribution is 2.28. The number of hydrogen-bond donors (Lipinski definition) is 1. The summed E-state index contributed by atoms with van der Waals surface area (Å²) in [5.41, 5.74) is 0.514. The van der Waals surface area contributed by atoms with E-state index < -0.39 is 21.9 Å². The Hall–Kier alpha value is -2.33. The third-order valence-electron chi connectivity index (χ3n) is 4.21. The number of aromatic nitrogens is 4. The molecule has 0 aliphatic carbocycles. The van der Waals surface area contributed by atoms with Gasteiger partial charge in [0, 0.05) is 12.6 Å². The molecule has 128 valence electrons. The second-order valence-electron chi connectivity index (χ2n) is 5.79. The standard InChI is InChI=1S/C14H17N5O4S/c1-10-5-6-11(14(20)21)8-19(10)24(22,23)13-4-2-3-12(7-13)18-9-15-16-17-18/h2-4,7,9-11H,5-6,8H2,1H3,(H,20,21). The van der Waals surface area contributed by atoms with E-state index in [0.717, 1.165) is 0 Å². The van der Waals surface area contributed by atoms with E-state index in [1.807, 2.05) is 0 Å². The van der Waals surface area contributed by atoms with Gasteiger partial charge < -0.3 is 5.11 Å². The van der Waals surface area contributed by atoms with Crippen LogP contribution in [-0.2, 0) is 14.8 Å². The summed E-state index contributed by atoms with van der Waals surface area (Å²) in [7, 11) is -3.80. The number of aliphatic carboxylic acids is 1. The molecule has 2 atom stereocenters. The van der Waals surface area contributed by atoms with Gasteiger partial charge >= 0.3 is 5.97 Å². The minimum atomic E-state index is -3.80. The smallest absolute Gasteiger partial charge is 0.307 e. The van der Waals surface area contributed by atoms with Crippen LogP contribution in [0.5, 0.6) is 0 Å².